The number of benzene rings is 2. The Morgan fingerprint density at radius 1 is 1.16 bits per heavy atom. The number of ether oxygens (including phenoxy) is 1. The van der Waals surface area contributed by atoms with Crippen LogP contribution in [0.4, 0.5) is 0 Å². The molecule has 0 unspecified atom stereocenters. The van der Waals surface area contributed by atoms with Crippen LogP contribution < -0.4 is 4.74 Å². The van der Waals surface area contributed by atoms with Gasteiger partial charge in [0.1, 0.15) is 11.5 Å². The van der Waals surface area contributed by atoms with Crippen molar-refractivity contribution in [3.63, 3.8) is 0 Å². The molecule has 0 aromatic heterocycles. The molecule has 0 radical (unpaired) electrons. The summed E-state index contributed by atoms with van der Waals surface area (Å²) in [4.78, 5) is 0. The summed E-state index contributed by atoms with van der Waals surface area (Å²) in [6.45, 7) is 3.71. The van der Waals surface area contributed by atoms with Gasteiger partial charge in [0, 0.05) is 0 Å². The third-order valence-electron chi connectivity index (χ3n) is 2.75. The minimum atomic E-state index is -0.544. The standard InChI is InChI=1S/C15H14BrClO2/c1-9-3-5-14(12(16)7-9)19-15-6-4-11(10(2)18)8-13(15)17/h3-8,10,18H,1-2H3/t10-/m0/s1. The number of aryl methyl sites for hydroxylation is 1. The lowest BCUT2D eigenvalue weighted by atomic mass is 10.1. The zero-order chi connectivity index (χ0) is 14.0. The summed E-state index contributed by atoms with van der Waals surface area (Å²) in [6, 6.07) is 11.1. The predicted octanol–water partition coefficient (Wildman–Crippen LogP) is 5.26. The Morgan fingerprint density at radius 3 is 2.42 bits per heavy atom. The fourth-order valence-electron chi connectivity index (χ4n) is 1.67. The van der Waals surface area contributed by atoms with Gasteiger partial charge < -0.3 is 9.84 Å². The van der Waals surface area contributed by atoms with E-state index in [2.05, 4.69) is 15.9 Å². The monoisotopic (exact) mass is 340 g/mol. The molecule has 2 aromatic rings. The molecule has 0 fully saturated rings. The van der Waals surface area contributed by atoms with Crippen molar-refractivity contribution in [1.82, 2.24) is 0 Å². The molecule has 1 atom stereocenters. The average Bonchev–Trinajstić information content (AvgIpc) is 2.34. The number of halogens is 2. The van der Waals surface area contributed by atoms with Crippen LogP contribution in [-0.4, -0.2) is 5.11 Å². The smallest absolute Gasteiger partial charge is 0.146 e. The van der Waals surface area contributed by atoms with Crippen LogP contribution in [0, 0.1) is 6.92 Å². The van der Waals surface area contributed by atoms with E-state index < -0.39 is 6.10 Å². The number of aliphatic hydroxyl groups excluding tert-OH is 1. The summed E-state index contributed by atoms with van der Waals surface area (Å²) in [6.07, 6.45) is -0.544. The van der Waals surface area contributed by atoms with Crippen LogP contribution in [0.1, 0.15) is 24.2 Å². The van der Waals surface area contributed by atoms with E-state index in [0.717, 1.165) is 15.6 Å². The van der Waals surface area contributed by atoms with Crippen LogP contribution in [0.2, 0.25) is 5.02 Å². The van der Waals surface area contributed by atoms with E-state index in [0.29, 0.717) is 16.5 Å². The summed E-state index contributed by atoms with van der Waals surface area (Å²) in [7, 11) is 0. The highest BCUT2D eigenvalue weighted by Gasteiger charge is 2.09. The number of rotatable bonds is 3. The Bertz CT molecular complexity index is 597. The number of hydrogen-bond acceptors (Lipinski definition) is 2. The number of hydrogen-bond donors (Lipinski definition) is 1. The molecule has 0 heterocycles. The van der Waals surface area contributed by atoms with Gasteiger partial charge in [-0.3, -0.25) is 0 Å². The zero-order valence-corrected chi connectivity index (χ0v) is 13.0. The van der Waals surface area contributed by atoms with Crippen molar-refractivity contribution in [2.75, 3.05) is 0 Å². The first-order valence-electron chi connectivity index (χ1n) is 5.89. The summed E-state index contributed by atoms with van der Waals surface area (Å²) in [5.41, 5.74) is 1.91. The van der Waals surface area contributed by atoms with Crippen molar-refractivity contribution in [1.29, 1.82) is 0 Å². The van der Waals surface area contributed by atoms with Crippen molar-refractivity contribution < 1.29 is 9.84 Å². The number of aliphatic hydroxyl groups is 1. The highest BCUT2D eigenvalue weighted by Crippen LogP contribution is 2.35. The second-order valence-corrected chi connectivity index (χ2v) is 5.66. The van der Waals surface area contributed by atoms with Gasteiger partial charge in [-0.25, -0.2) is 0 Å². The van der Waals surface area contributed by atoms with Gasteiger partial charge in [0.25, 0.3) is 0 Å². The second kappa shape index (κ2) is 5.95. The van der Waals surface area contributed by atoms with Crippen molar-refractivity contribution in [3.8, 4) is 11.5 Å². The van der Waals surface area contributed by atoms with Gasteiger partial charge >= 0.3 is 0 Å². The van der Waals surface area contributed by atoms with E-state index >= 15 is 0 Å². The van der Waals surface area contributed by atoms with E-state index in [-0.39, 0.29) is 0 Å². The lowest BCUT2D eigenvalue weighted by Gasteiger charge is -2.12. The first kappa shape index (κ1) is 14.4. The highest BCUT2D eigenvalue weighted by atomic mass is 79.9. The van der Waals surface area contributed by atoms with E-state index in [1.165, 1.54) is 0 Å². The zero-order valence-electron chi connectivity index (χ0n) is 10.7. The Morgan fingerprint density at radius 2 is 1.84 bits per heavy atom. The maximum absolute atomic E-state index is 9.50. The largest absolute Gasteiger partial charge is 0.455 e. The topological polar surface area (TPSA) is 29.5 Å². The summed E-state index contributed by atoms with van der Waals surface area (Å²) in [5, 5.41) is 9.97. The van der Waals surface area contributed by atoms with Gasteiger partial charge in [-0.2, -0.15) is 0 Å². The maximum Gasteiger partial charge on any atom is 0.146 e. The Balaban J connectivity index is 2.28. The molecule has 0 aliphatic carbocycles. The molecule has 1 N–H and O–H groups in total. The second-order valence-electron chi connectivity index (χ2n) is 4.40. The van der Waals surface area contributed by atoms with Crippen molar-refractivity contribution >= 4 is 27.5 Å². The summed E-state index contributed by atoms with van der Waals surface area (Å²) >= 11 is 9.61. The molecular formula is C15H14BrClO2. The van der Waals surface area contributed by atoms with E-state index in [1.54, 1.807) is 25.1 Å². The fourth-order valence-corrected chi connectivity index (χ4v) is 2.47. The third kappa shape index (κ3) is 3.50. The molecular weight excluding hydrogens is 328 g/mol. The molecule has 0 aliphatic rings. The van der Waals surface area contributed by atoms with Crippen LogP contribution in [0.5, 0.6) is 11.5 Å². The third-order valence-corrected chi connectivity index (χ3v) is 3.66. The molecule has 0 aliphatic heterocycles. The lowest BCUT2D eigenvalue weighted by Crippen LogP contribution is -1.92. The van der Waals surface area contributed by atoms with E-state index in [4.69, 9.17) is 16.3 Å². The van der Waals surface area contributed by atoms with Crippen LogP contribution in [-0.2, 0) is 0 Å². The van der Waals surface area contributed by atoms with Gasteiger partial charge in [-0.05, 0) is 65.2 Å². The average molecular weight is 342 g/mol. The summed E-state index contributed by atoms with van der Waals surface area (Å²) in [5.74, 6) is 1.27. The molecule has 4 heteroatoms. The Hall–Kier alpha value is -1.03. The molecule has 2 nitrogen and oxygen atoms in total. The molecule has 0 bridgehead atoms. The van der Waals surface area contributed by atoms with E-state index in [9.17, 15) is 5.11 Å². The van der Waals surface area contributed by atoms with Gasteiger partial charge in [0.15, 0.2) is 0 Å². The Labute approximate surface area is 126 Å². The van der Waals surface area contributed by atoms with Crippen molar-refractivity contribution in [2.24, 2.45) is 0 Å². The molecule has 19 heavy (non-hydrogen) atoms. The minimum absolute atomic E-state index is 0.478. The van der Waals surface area contributed by atoms with Gasteiger partial charge in [0.2, 0.25) is 0 Å². The van der Waals surface area contributed by atoms with Gasteiger partial charge in [0.05, 0.1) is 15.6 Å². The van der Waals surface area contributed by atoms with Crippen LogP contribution in [0.3, 0.4) is 0 Å². The first-order valence-corrected chi connectivity index (χ1v) is 7.06. The van der Waals surface area contributed by atoms with Crippen molar-refractivity contribution in [3.05, 3.63) is 57.0 Å². The van der Waals surface area contributed by atoms with Crippen LogP contribution >= 0.6 is 27.5 Å². The molecule has 2 aromatic carbocycles. The van der Waals surface area contributed by atoms with Crippen LogP contribution in [0.25, 0.3) is 0 Å². The molecule has 0 spiro atoms. The fraction of sp³-hybridized carbons (Fsp3) is 0.200. The quantitative estimate of drug-likeness (QED) is 0.825. The van der Waals surface area contributed by atoms with Gasteiger partial charge in [-0.15, -0.1) is 0 Å². The summed E-state index contributed by atoms with van der Waals surface area (Å²) < 4.78 is 6.65. The molecule has 0 saturated carbocycles. The molecule has 0 saturated heterocycles. The van der Waals surface area contributed by atoms with Gasteiger partial charge in [-0.1, -0.05) is 23.7 Å². The van der Waals surface area contributed by atoms with Crippen LogP contribution in [0.15, 0.2) is 40.9 Å². The molecule has 2 rings (SSSR count). The lowest BCUT2D eigenvalue weighted by molar-refractivity contribution is 0.199. The Kier molecular flexibility index (Phi) is 4.50. The minimum Gasteiger partial charge on any atom is -0.455 e. The molecule has 100 valence electrons. The maximum atomic E-state index is 9.50. The van der Waals surface area contributed by atoms with E-state index in [1.807, 2.05) is 25.1 Å². The predicted molar refractivity (Wildman–Crippen MR) is 81.0 cm³/mol. The normalized spacial score (nSPS) is 12.3. The molecule has 0 amide bonds. The SMILES string of the molecule is Cc1ccc(Oc2ccc([C@H](C)O)cc2Cl)c(Br)c1. The van der Waals surface area contributed by atoms with Crippen molar-refractivity contribution in [2.45, 2.75) is 20.0 Å². The highest BCUT2D eigenvalue weighted by molar-refractivity contribution is 9.10. The first-order chi connectivity index (χ1) is 8.97.